The number of nitrogens with two attached hydrogens (primary N) is 1. The molecule has 5 rings (SSSR count). The van der Waals surface area contributed by atoms with Gasteiger partial charge in [0.05, 0.1) is 6.04 Å². The molecule has 0 radical (unpaired) electrons. The van der Waals surface area contributed by atoms with Crippen molar-refractivity contribution in [2.24, 2.45) is 11.7 Å². The van der Waals surface area contributed by atoms with E-state index in [1.165, 1.54) is 0 Å². The number of rotatable bonds is 10. The molecule has 2 fully saturated rings. The molecule has 8 nitrogen and oxygen atoms in total. The molecule has 2 aliphatic rings. The zero-order valence-corrected chi connectivity index (χ0v) is 24.6. The summed E-state index contributed by atoms with van der Waals surface area (Å²) in [5, 5.41) is 3.08. The van der Waals surface area contributed by atoms with E-state index in [2.05, 4.69) is 5.32 Å². The van der Waals surface area contributed by atoms with E-state index in [9.17, 15) is 14.4 Å². The lowest BCUT2D eigenvalue weighted by molar-refractivity contribution is -0.139. The number of carbonyl (C=O) groups excluding carboxylic acids is 3. The fourth-order valence-corrected chi connectivity index (χ4v) is 6.30. The van der Waals surface area contributed by atoms with Crippen molar-refractivity contribution < 1.29 is 19.1 Å². The molecule has 0 aliphatic carbocycles. The molecular weight excluding hydrogens is 540 g/mol. The van der Waals surface area contributed by atoms with E-state index in [1.54, 1.807) is 9.80 Å². The molecule has 2 heterocycles. The van der Waals surface area contributed by atoms with Gasteiger partial charge in [0.1, 0.15) is 12.6 Å². The summed E-state index contributed by atoms with van der Waals surface area (Å²) in [6.07, 6.45) is 3.72. The van der Waals surface area contributed by atoms with Gasteiger partial charge in [-0.05, 0) is 54.7 Å². The van der Waals surface area contributed by atoms with E-state index < -0.39 is 12.1 Å². The van der Waals surface area contributed by atoms with Crippen LogP contribution in [0.25, 0.3) is 0 Å². The van der Waals surface area contributed by atoms with E-state index in [0.29, 0.717) is 38.5 Å². The number of ether oxygens (including phenoxy) is 1. The number of piperidine rings is 1. The first-order valence-electron chi connectivity index (χ1n) is 15.4. The number of carbonyl (C=O) groups is 3. The van der Waals surface area contributed by atoms with Crippen molar-refractivity contribution in [1.29, 1.82) is 0 Å². The van der Waals surface area contributed by atoms with Crippen molar-refractivity contribution in [1.82, 2.24) is 15.1 Å². The quantitative estimate of drug-likeness (QED) is 0.361. The van der Waals surface area contributed by atoms with Crippen LogP contribution in [0.3, 0.4) is 0 Å². The molecule has 2 atom stereocenters. The minimum absolute atomic E-state index is 0.115. The van der Waals surface area contributed by atoms with E-state index in [1.807, 2.05) is 91.0 Å². The summed E-state index contributed by atoms with van der Waals surface area (Å²) >= 11 is 0. The summed E-state index contributed by atoms with van der Waals surface area (Å²) in [6.45, 7) is 2.65. The smallest absolute Gasteiger partial charge is 0.410 e. The highest BCUT2D eigenvalue weighted by Gasteiger charge is 2.39. The maximum Gasteiger partial charge on any atom is 0.410 e. The first-order valence-corrected chi connectivity index (χ1v) is 15.4. The molecule has 0 unspecified atom stereocenters. The number of hydrogen-bond acceptors (Lipinski definition) is 5. The fourth-order valence-electron chi connectivity index (χ4n) is 6.30. The SMILES string of the molecule is N[C@@H](C(=O)N1CCC[C@H]1C(=O)NCCC1CCN(C(=O)OCc2ccccc2)CC1)C(c1ccccc1)c1ccccc1. The highest BCUT2D eigenvalue weighted by molar-refractivity contribution is 5.91. The lowest BCUT2D eigenvalue weighted by Gasteiger charge is -2.32. The summed E-state index contributed by atoms with van der Waals surface area (Å²) in [4.78, 5) is 42.9. The van der Waals surface area contributed by atoms with E-state index in [0.717, 1.165) is 42.4 Å². The maximum absolute atomic E-state index is 13.8. The van der Waals surface area contributed by atoms with Gasteiger partial charge in [0.2, 0.25) is 11.8 Å². The van der Waals surface area contributed by atoms with Gasteiger partial charge in [0, 0.05) is 32.1 Å². The van der Waals surface area contributed by atoms with Gasteiger partial charge < -0.3 is 25.6 Å². The number of likely N-dealkylation sites (tertiary alicyclic amines) is 2. The standard InChI is InChI=1S/C35H42N4O4/c36-32(31(28-13-6-2-7-14-28)29-15-8-3-9-16-29)34(41)39-22-10-17-30(39)33(40)37-21-18-26-19-23-38(24-20-26)35(42)43-25-27-11-4-1-5-12-27/h1-9,11-16,26,30-32H,10,17-25,36H2,(H,37,40)/t30-,32+/m0/s1. The molecule has 226 valence electrons. The van der Waals surface area contributed by atoms with Gasteiger partial charge in [-0.25, -0.2) is 4.79 Å². The molecule has 3 N–H and O–H groups in total. The van der Waals surface area contributed by atoms with Crippen LogP contribution < -0.4 is 11.1 Å². The lowest BCUT2D eigenvalue weighted by atomic mass is 9.84. The van der Waals surface area contributed by atoms with Crippen LogP contribution in [0.15, 0.2) is 91.0 Å². The van der Waals surface area contributed by atoms with Gasteiger partial charge in [-0.1, -0.05) is 91.0 Å². The van der Waals surface area contributed by atoms with Crippen LogP contribution in [0, 0.1) is 5.92 Å². The average molecular weight is 583 g/mol. The predicted octanol–water partition coefficient (Wildman–Crippen LogP) is 4.69. The Bertz CT molecular complexity index is 1290. The number of benzene rings is 3. The third-order valence-electron chi connectivity index (χ3n) is 8.73. The molecule has 0 bridgehead atoms. The van der Waals surface area contributed by atoms with Crippen LogP contribution in [0.4, 0.5) is 4.79 Å². The molecule has 0 saturated carbocycles. The Morgan fingerprint density at radius 1 is 0.814 bits per heavy atom. The third-order valence-corrected chi connectivity index (χ3v) is 8.73. The summed E-state index contributed by atoms with van der Waals surface area (Å²) < 4.78 is 5.47. The molecule has 0 spiro atoms. The van der Waals surface area contributed by atoms with Crippen molar-refractivity contribution in [3.63, 3.8) is 0 Å². The van der Waals surface area contributed by atoms with Crippen LogP contribution in [-0.2, 0) is 20.9 Å². The molecule has 3 amide bonds. The number of amides is 3. The minimum atomic E-state index is -0.803. The molecule has 0 aromatic heterocycles. The van der Waals surface area contributed by atoms with Crippen LogP contribution in [0.1, 0.15) is 54.7 Å². The van der Waals surface area contributed by atoms with Gasteiger partial charge in [0.15, 0.2) is 0 Å². The largest absolute Gasteiger partial charge is 0.445 e. The topological polar surface area (TPSA) is 105 Å². The second kappa shape index (κ2) is 14.8. The minimum Gasteiger partial charge on any atom is -0.445 e. The van der Waals surface area contributed by atoms with Gasteiger partial charge in [-0.3, -0.25) is 9.59 Å². The molecule has 3 aromatic carbocycles. The van der Waals surface area contributed by atoms with Crippen LogP contribution in [-0.4, -0.2) is 66.0 Å². The van der Waals surface area contributed by atoms with Gasteiger partial charge in [0.25, 0.3) is 0 Å². The van der Waals surface area contributed by atoms with Crippen LogP contribution in [0.2, 0.25) is 0 Å². The lowest BCUT2D eigenvalue weighted by Crippen LogP contribution is -2.53. The zero-order chi connectivity index (χ0) is 30.0. The van der Waals surface area contributed by atoms with Gasteiger partial charge in [-0.2, -0.15) is 0 Å². The van der Waals surface area contributed by atoms with Gasteiger partial charge in [-0.15, -0.1) is 0 Å². The first kappa shape index (κ1) is 30.3. The van der Waals surface area contributed by atoms with Crippen molar-refractivity contribution in [2.75, 3.05) is 26.2 Å². The predicted molar refractivity (Wildman–Crippen MR) is 166 cm³/mol. The molecule has 3 aromatic rings. The van der Waals surface area contributed by atoms with Crippen LogP contribution in [0.5, 0.6) is 0 Å². The van der Waals surface area contributed by atoms with Gasteiger partial charge >= 0.3 is 6.09 Å². The third kappa shape index (κ3) is 7.82. The fraction of sp³-hybridized carbons (Fsp3) is 0.400. The summed E-state index contributed by atoms with van der Waals surface area (Å²) in [7, 11) is 0. The summed E-state index contributed by atoms with van der Waals surface area (Å²) in [5.41, 5.74) is 9.61. The Morgan fingerprint density at radius 2 is 1.40 bits per heavy atom. The average Bonchev–Trinajstić information content (AvgIpc) is 3.55. The molecule has 43 heavy (non-hydrogen) atoms. The molecule has 2 aliphatic heterocycles. The Hall–Kier alpha value is -4.17. The van der Waals surface area contributed by atoms with Crippen molar-refractivity contribution >= 4 is 17.9 Å². The molecular formula is C35H42N4O4. The van der Waals surface area contributed by atoms with E-state index in [-0.39, 0.29) is 30.4 Å². The molecule has 2 saturated heterocycles. The second-order valence-corrected chi connectivity index (χ2v) is 11.6. The normalized spacial score (nSPS) is 18.0. The number of hydrogen-bond donors (Lipinski definition) is 2. The van der Waals surface area contributed by atoms with E-state index in [4.69, 9.17) is 10.5 Å². The number of nitrogens with zero attached hydrogens (tertiary/aromatic N) is 2. The van der Waals surface area contributed by atoms with Crippen LogP contribution >= 0.6 is 0 Å². The Balaban J connectivity index is 1.09. The molecule has 8 heteroatoms. The Kier molecular flexibility index (Phi) is 10.4. The first-order chi connectivity index (χ1) is 21.0. The highest BCUT2D eigenvalue weighted by atomic mass is 16.6. The Morgan fingerprint density at radius 3 is 2.00 bits per heavy atom. The van der Waals surface area contributed by atoms with Crippen molar-refractivity contribution in [3.05, 3.63) is 108 Å². The Labute approximate surface area is 254 Å². The van der Waals surface area contributed by atoms with Crippen molar-refractivity contribution in [3.8, 4) is 0 Å². The zero-order valence-electron chi connectivity index (χ0n) is 24.6. The highest BCUT2D eigenvalue weighted by Crippen LogP contribution is 2.30. The number of nitrogens with one attached hydrogen (secondary N) is 1. The second-order valence-electron chi connectivity index (χ2n) is 11.6. The van der Waals surface area contributed by atoms with E-state index >= 15 is 0 Å². The maximum atomic E-state index is 13.8. The summed E-state index contributed by atoms with van der Waals surface area (Å²) in [5.74, 6) is -0.191. The van der Waals surface area contributed by atoms with Crippen molar-refractivity contribution in [2.45, 2.75) is 56.7 Å². The summed E-state index contributed by atoms with van der Waals surface area (Å²) in [6, 6.07) is 28.1. The monoisotopic (exact) mass is 582 g/mol.